The number of piperazine rings is 2. The first-order chi connectivity index (χ1) is 23.2. The van der Waals surface area contributed by atoms with Crippen LogP contribution in [0.5, 0.6) is 0 Å². The zero-order chi connectivity index (χ0) is 34.1. The first-order valence-electron chi connectivity index (χ1n) is 16.1. The fraction of sp³-hybridized carbons (Fsp3) is 0.471. The third-order valence-electron chi connectivity index (χ3n) is 7.61. The quantitative estimate of drug-likeness (QED) is 0.0869. The van der Waals surface area contributed by atoms with Gasteiger partial charge in [-0.3, -0.25) is 41.0 Å². The molecule has 0 atom stereocenters. The van der Waals surface area contributed by atoms with Crippen LogP contribution in [0.1, 0.15) is 36.1 Å². The number of amides is 2. The second-order valence-corrected chi connectivity index (χ2v) is 15.0. The molecule has 2 saturated heterocycles. The number of thioether (sulfide) groups is 3. The molecule has 266 valence electrons. The monoisotopic (exact) mass is 726 g/mol. The van der Waals surface area contributed by atoms with Crippen LogP contribution in [0.3, 0.4) is 0 Å². The van der Waals surface area contributed by atoms with E-state index in [9.17, 15) is 9.59 Å². The topological polar surface area (TPSA) is 184 Å². The van der Waals surface area contributed by atoms with Crippen LogP contribution in [0.4, 0.5) is 0 Å². The van der Waals surface area contributed by atoms with Crippen LogP contribution in [-0.4, -0.2) is 106 Å². The molecule has 0 unspecified atom stereocenters. The average Bonchev–Trinajstić information content (AvgIpc) is 3.04. The lowest BCUT2D eigenvalue weighted by Crippen LogP contribution is -2.42. The molecule has 12 nitrogen and oxygen atoms in total. The number of hydrogen-bond acceptors (Lipinski definition) is 13. The Morgan fingerprint density at radius 1 is 0.673 bits per heavy atom. The van der Waals surface area contributed by atoms with Gasteiger partial charge in [-0.2, -0.15) is 11.8 Å². The summed E-state index contributed by atoms with van der Waals surface area (Å²) in [6.07, 6.45) is 0.725. The van der Waals surface area contributed by atoms with Gasteiger partial charge in [-0.25, -0.2) is 0 Å². The summed E-state index contributed by atoms with van der Waals surface area (Å²) in [5.74, 6) is 0.330. The van der Waals surface area contributed by atoms with Crippen molar-refractivity contribution in [2.75, 3.05) is 63.9 Å². The zero-order valence-electron chi connectivity index (χ0n) is 27.2. The molecule has 49 heavy (non-hydrogen) atoms. The lowest BCUT2D eigenvalue weighted by Gasteiger charge is -2.27. The van der Waals surface area contributed by atoms with E-state index in [4.69, 9.17) is 21.6 Å². The van der Waals surface area contributed by atoms with E-state index in [-0.39, 0.29) is 52.5 Å². The van der Waals surface area contributed by atoms with Gasteiger partial charge < -0.3 is 21.3 Å². The first kappa shape index (κ1) is 40.4. The maximum atomic E-state index is 12.5. The average molecular weight is 727 g/mol. The van der Waals surface area contributed by atoms with E-state index >= 15 is 0 Å². The Balaban J connectivity index is 0.00000650. The molecule has 2 aromatic rings. The standard InChI is InChI=1S/C33H46N10O2S3.CH4/c34-28(47-32(36)40-30(44)19-24-3-1-5-26(17-24)21-42-12-8-38-9-13-42)7-16-46-23-29(35)48-33(37)41-31(45)20-25-4-2-6-27(18-25)22-43-14-10-39-11-15-43;/h1-6,17-18,34-35,38-39H,7-16,19-23H2,(H2,36,40,44)(H2,37,41,45);1H4. The molecule has 15 heteroatoms. The minimum absolute atomic E-state index is 0. The highest BCUT2D eigenvalue weighted by Crippen LogP contribution is 2.16. The van der Waals surface area contributed by atoms with Gasteiger partial charge in [-0.05, 0) is 51.5 Å². The maximum Gasteiger partial charge on any atom is 0.230 e. The van der Waals surface area contributed by atoms with Gasteiger partial charge in [0.2, 0.25) is 11.8 Å². The molecule has 0 aromatic heterocycles. The van der Waals surface area contributed by atoms with E-state index in [0.29, 0.717) is 17.9 Å². The van der Waals surface area contributed by atoms with E-state index in [1.54, 1.807) is 0 Å². The third-order valence-corrected chi connectivity index (χ3v) is 10.2. The molecule has 4 rings (SSSR count). The number of nitrogens with zero attached hydrogens (tertiary/aromatic N) is 2. The molecule has 0 radical (unpaired) electrons. The van der Waals surface area contributed by atoms with Crippen molar-refractivity contribution in [3.8, 4) is 0 Å². The summed E-state index contributed by atoms with van der Waals surface area (Å²) in [7, 11) is 0. The fourth-order valence-electron chi connectivity index (χ4n) is 5.35. The second-order valence-electron chi connectivity index (χ2n) is 11.7. The normalized spacial score (nSPS) is 15.1. The Morgan fingerprint density at radius 2 is 1.10 bits per heavy atom. The number of carbonyl (C=O) groups excluding carboxylic acids is 2. The Kier molecular flexibility index (Phi) is 18.1. The number of nitrogens with one attached hydrogen (secondary N) is 8. The predicted octanol–water partition coefficient (Wildman–Crippen LogP) is 3.56. The van der Waals surface area contributed by atoms with Gasteiger partial charge in [0.05, 0.1) is 22.9 Å². The van der Waals surface area contributed by atoms with Gasteiger partial charge in [0.1, 0.15) is 0 Å². The summed E-state index contributed by atoms with van der Waals surface area (Å²) >= 11 is 3.27. The van der Waals surface area contributed by atoms with Crippen molar-refractivity contribution in [1.82, 2.24) is 31.1 Å². The summed E-state index contributed by atoms with van der Waals surface area (Å²) in [4.78, 5) is 29.8. The summed E-state index contributed by atoms with van der Waals surface area (Å²) in [5.41, 5.74) is 4.11. The molecular formula is C34H50N10O2S3. The molecule has 0 aliphatic carbocycles. The zero-order valence-corrected chi connectivity index (χ0v) is 29.6. The van der Waals surface area contributed by atoms with Gasteiger partial charge in [0, 0.05) is 77.6 Å². The van der Waals surface area contributed by atoms with E-state index in [2.05, 4.69) is 43.2 Å². The largest absolute Gasteiger partial charge is 0.314 e. The predicted molar refractivity (Wildman–Crippen MR) is 208 cm³/mol. The van der Waals surface area contributed by atoms with Gasteiger partial charge >= 0.3 is 0 Å². The lowest BCUT2D eigenvalue weighted by molar-refractivity contribution is -0.119. The van der Waals surface area contributed by atoms with E-state index in [1.165, 1.54) is 11.8 Å². The van der Waals surface area contributed by atoms with Crippen molar-refractivity contribution in [3.05, 3.63) is 70.8 Å². The molecule has 8 N–H and O–H groups in total. The number of hydrogen-bond donors (Lipinski definition) is 8. The smallest absolute Gasteiger partial charge is 0.230 e. The number of rotatable bonds is 13. The summed E-state index contributed by atoms with van der Waals surface area (Å²) in [6, 6.07) is 16.0. The van der Waals surface area contributed by atoms with Crippen molar-refractivity contribution < 1.29 is 9.59 Å². The molecule has 0 bridgehead atoms. The molecule has 2 amide bonds. The molecule has 0 spiro atoms. The Labute approximate surface area is 303 Å². The highest BCUT2D eigenvalue weighted by atomic mass is 32.2. The number of benzene rings is 2. The molecular weight excluding hydrogens is 677 g/mol. The first-order valence-corrected chi connectivity index (χ1v) is 18.9. The minimum atomic E-state index is -0.286. The second kappa shape index (κ2) is 21.9. The molecule has 0 saturated carbocycles. The molecule has 2 fully saturated rings. The third kappa shape index (κ3) is 16.0. The van der Waals surface area contributed by atoms with Crippen LogP contribution in [0.15, 0.2) is 48.5 Å². The van der Waals surface area contributed by atoms with Crippen molar-refractivity contribution >= 4 is 67.5 Å². The van der Waals surface area contributed by atoms with Crippen LogP contribution in [0.2, 0.25) is 0 Å². The SMILES string of the molecule is C.N=C(CCSCC(=N)SC(=N)NC(=O)Cc1cccc(CN2CCNCC2)c1)SC(=N)NC(=O)Cc1cccc(CN2CCNCC2)c1. The van der Waals surface area contributed by atoms with Crippen LogP contribution < -0.4 is 21.3 Å². The summed E-state index contributed by atoms with van der Waals surface area (Å²) in [5, 5.41) is 44.8. The van der Waals surface area contributed by atoms with Crippen LogP contribution in [-0.2, 0) is 35.5 Å². The lowest BCUT2D eigenvalue weighted by atomic mass is 10.1. The van der Waals surface area contributed by atoms with Gasteiger partial charge in [-0.15, -0.1) is 0 Å². The van der Waals surface area contributed by atoms with Gasteiger partial charge in [0.15, 0.2) is 10.3 Å². The highest BCUT2D eigenvalue weighted by Gasteiger charge is 2.14. The molecule has 2 aliphatic heterocycles. The Hall–Kier alpha value is -3.05. The van der Waals surface area contributed by atoms with Gasteiger partial charge in [0.25, 0.3) is 0 Å². The fourth-order valence-corrected chi connectivity index (χ4v) is 7.67. The molecule has 2 heterocycles. The Bertz CT molecular complexity index is 1340. The summed E-state index contributed by atoms with van der Waals surface area (Å²) < 4.78 is 0. The van der Waals surface area contributed by atoms with Crippen LogP contribution >= 0.6 is 35.3 Å². The van der Waals surface area contributed by atoms with E-state index in [0.717, 1.165) is 111 Å². The highest BCUT2D eigenvalue weighted by molar-refractivity contribution is 8.27. The number of amidine groups is 2. The number of carbonyl (C=O) groups is 2. The minimum Gasteiger partial charge on any atom is -0.314 e. The summed E-state index contributed by atoms with van der Waals surface area (Å²) in [6.45, 7) is 9.66. The van der Waals surface area contributed by atoms with E-state index < -0.39 is 0 Å². The van der Waals surface area contributed by atoms with Gasteiger partial charge in [-0.1, -0.05) is 56.0 Å². The molecule has 2 aromatic carbocycles. The van der Waals surface area contributed by atoms with Crippen molar-refractivity contribution in [3.63, 3.8) is 0 Å². The van der Waals surface area contributed by atoms with Crippen molar-refractivity contribution in [2.45, 2.75) is 39.8 Å². The van der Waals surface area contributed by atoms with Crippen LogP contribution in [0, 0.1) is 21.6 Å². The van der Waals surface area contributed by atoms with Crippen molar-refractivity contribution in [2.24, 2.45) is 0 Å². The molecule has 2 aliphatic rings. The van der Waals surface area contributed by atoms with E-state index in [1.807, 2.05) is 36.4 Å². The maximum absolute atomic E-state index is 12.5. The Morgan fingerprint density at radius 3 is 1.57 bits per heavy atom. The van der Waals surface area contributed by atoms with Crippen molar-refractivity contribution in [1.29, 1.82) is 21.6 Å². The van der Waals surface area contributed by atoms with Crippen LogP contribution in [0.25, 0.3) is 0 Å².